The molecule has 0 saturated carbocycles. The second-order valence-corrected chi connectivity index (χ2v) is 3.70. The van der Waals surface area contributed by atoms with Crippen LogP contribution in [0.5, 0.6) is 0 Å². The highest BCUT2D eigenvalue weighted by atomic mass is 35.5. The van der Waals surface area contributed by atoms with E-state index in [4.69, 9.17) is 16.0 Å². The number of halogens is 1. The molecular formula is C11H10ClN3O2. The molecular weight excluding hydrogens is 242 g/mol. The van der Waals surface area contributed by atoms with Crippen molar-refractivity contribution in [3.8, 4) is 0 Å². The third-order valence-corrected chi connectivity index (χ3v) is 2.29. The third kappa shape index (κ3) is 3.29. The Bertz CT molecular complexity index is 482. The van der Waals surface area contributed by atoms with Gasteiger partial charge in [0.2, 0.25) is 0 Å². The summed E-state index contributed by atoms with van der Waals surface area (Å²) in [6, 6.07) is 3.66. The molecule has 0 spiro atoms. The van der Waals surface area contributed by atoms with E-state index in [9.17, 15) is 4.79 Å². The number of aromatic nitrogens is 2. The minimum absolute atomic E-state index is 0.244. The maximum absolute atomic E-state index is 11.6. The molecule has 1 amide bonds. The van der Waals surface area contributed by atoms with E-state index in [1.165, 1.54) is 12.4 Å². The van der Waals surface area contributed by atoms with Crippen LogP contribution in [-0.2, 0) is 6.42 Å². The zero-order valence-corrected chi connectivity index (χ0v) is 9.65. The van der Waals surface area contributed by atoms with Crippen molar-refractivity contribution in [2.75, 3.05) is 6.54 Å². The SMILES string of the molecule is O=C(NCCc1ccco1)c1cnc(Cl)cn1. The smallest absolute Gasteiger partial charge is 0.271 e. The highest BCUT2D eigenvalue weighted by molar-refractivity contribution is 6.29. The molecule has 88 valence electrons. The largest absolute Gasteiger partial charge is 0.469 e. The van der Waals surface area contributed by atoms with E-state index >= 15 is 0 Å². The molecule has 17 heavy (non-hydrogen) atoms. The molecule has 2 rings (SSSR count). The van der Waals surface area contributed by atoms with Crippen LogP contribution in [0.4, 0.5) is 0 Å². The van der Waals surface area contributed by atoms with Gasteiger partial charge >= 0.3 is 0 Å². The lowest BCUT2D eigenvalue weighted by Crippen LogP contribution is -2.26. The summed E-state index contributed by atoms with van der Waals surface area (Å²) in [4.78, 5) is 19.2. The molecule has 0 fully saturated rings. The zero-order valence-electron chi connectivity index (χ0n) is 8.89. The standard InChI is InChI=1S/C11H10ClN3O2/c12-10-7-14-9(6-15-10)11(16)13-4-3-8-2-1-5-17-8/h1-2,5-7H,3-4H2,(H,13,16). The van der Waals surface area contributed by atoms with Gasteiger partial charge in [-0.1, -0.05) is 11.6 Å². The Morgan fingerprint density at radius 2 is 2.29 bits per heavy atom. The first-order chi connectivity index (χ1) is 8.25. The van der Waals surface area contributed by atoms with E-state index in [1.54, 1.807) is 6.26 Å². The quantitative estimate of drug-likeness (QED) is 0.898. The van der Waals surface area contributed by atoms with Gasteiger partial charge in [0.15, 0.2) is 0 Å². The number of hydrogen-bond acceptors (Lipinski definition) is 4. The summed E-state index contributed by atoms with van der Waals surface area (Å²) >= 11 is 5.57. The average Bonchev–Trinajstić information content (AvgIpc) is 2.83. The van der Waals surface area contributed by atoms with Crippen LogP contribution in [0.1, 0.15) is 16.2 Å². The van der Waals surface area contributed by atoms with Crippen molar-refractivity contribution in [1.82, 2.24) is 15.3 Å². The number of rotatable bonds is 4. The Morgan fingerprint density at radius 1 is 1.41 bits per heavy atom. The van der Waals surface area contributed by atoms with Gasteiger partial charge in [-0.3, -0.25) is 4.79 Å². The molecule has 6 heteroatoms. The fourth-order valence-electron chi connectivity index (χ4n) is 1.27. The van der Waals surface area contributed by atoms with E-state index in [0.29, 0.717) is 13.0 Å². The van der Waals surface area contributed by atoms with E-state index in [-0.39, 0.29) is 16.8 Å². The Kier molecular flexibility index (Phi) is 3.72. The van der Waals surface area contributed by atoms with E-state index in [1.807, 2.05) is 12.1 Å². The molecule has 0 aromatic carbocycles. The number of carbonyl (C=O) groups is 1. The van der Waals surface area contributed by atoms with Crippen LogP contribution in [0.25, 0.3) is 0 Å². The van der Waals surface area contributed by atoms with Gasteiger partial charge in [-0.15, -0.1) is 0 Å². The second-order valence-electron chi connectivity index (χ2n) is 3.31. The van der Waals surface area contributed by atoms with Crippen LogP contribution in [0.15, 0.2) is 35.2 Å². The van der Waals surface area contributed by atoms with Crippen LogP contribution in [0, 0.1) is 0 Å². The summed E-state index contributed by atoms with van der Waals surface area (Å²) in [5.74, 6) is 0.549. The van der Waals surface area contributed by atoms with Crippen molar-refractivity contribution in [1.29, 1.82) is 0 Å². The zero-order chi connectivity index (χ0) is 12.1. The number of amides is 1. The summed E-state index contributed by atoms with van der Waals surface area (Å²) < 4.78 is 5.14. The summed E-state index contributed by atoms with van der Waals surface area (Å²) in [7, 11) is 0. The molecule has 0 aliphatic rings. The van der Waals surface area contributed by atoms with Crippen molar-refractivity contribution in [3.05, 3.63) is 47.4 Å². The lowest BCUT2D eigenvalue weighted by Gasteiger charge is -2.02. The van der Waals surface area contributed by atoms with Gasteiger partial charge in [-0.25, -0.2) is 9.97 Å². The molecule has 0 radical (unpaired) electrons. The summed E-state index contributed by atoms with van der Waals surface area (Å²) in [6.07, 6.45) is 4.91. The molecule has 0 aliphatic carbocycles. The first-order valence-corrected chi connectivity index (χ1v) is 5.41. The van der Waals surface area contributed by atoms with Crippen molar-refractivity contribution in [2.24, 2.45) is 0 Å². The first-order valence-electron chi connectivity index (χ1n) is 5.04. The molecule has 0 bridgehead atoms. The molecule has 2 aromatic heterocycles. The minimum Gasteiger partial charge on any atom is -0.469 e. The van der Waals surface area contributed by atoms with Crippen LogP contribution in [-0.4, -0.2) is 22.4 Å². The maximum atomic E-state index is 11.6. The second kappa shape index (κ2) is 5.45. The van der Waals surface area contributed by atoms with Crippen LogP contribution in [0.3, 0.4) is 0 Å². The number of nitrogens with one attached hydrogen (secondary N) is 1. The molecule has 2 aromatic rings. The molecule has 5 nitrogen and oxygen atoms in total. The highest BCUT2D eigenvalue weighted by Gasteiger charge is 2.07. The molecule has 0 aliphatic heterocycles. The van der Waals surface area contributed by atoms with Crippen molar-refractivity contribution in [3.63, 3.8) is 0 Å². The molecule has 0 atom stereocenters. The fourth-order valence-corrected chi connectivity index (χ4v) is 1.37. The maximum Gasteiger partial charge on any atom is 0.271 e. The van der Waals surface area contributed by atoms with Crippen LogP contribution >= 0.6 is 11.6 Å². The van der Waals surface area contributed by atoms with Crippen LogP contribution in [0.2, 0.25) is 5.15 Å². The van der Waals surface area contributed by atoms with Gasteiger partial charge in [0.25, 0.3) is 5.91 Å². The van der Waals surface area contributed by atoms with Gasteiger partial charge in [-0.05, 0) is 12.1 Å². The lowest BCUT2D eigenvalue weighted by atomic mass is 10.3. The van der Waals surface area contributed by atoms with E-state index in [0.717, 1.165) is 5.76 Å². The Morgan fingerprint density at radius 3 is 2.94 bits per heavy atom. The molecule has 1 N–H and O–H groups in total. The number of carbonyl (C=O) groups excluding carboxylic acids is 1. The van der Waals surface area contributed by atoms with Gasteiger partial charge in [0, 0.05) is 13.0 Å². The summed E-state index contributed by atoms with van der Waals surface area (Å²) in [5, 5.41) is 2.97. The molecule has 2 heterocycles. The normalized spacial score (nSPS) is 10.2. The fraction of sp³-hybridized carbons (Fsp3) is 0.182. The predicted octanol–water partition coefficient (Wildman–Crippen LogP) is 1.70. The van der Waals surface area contributed by atoms with Gasteiger partial charge in [0.1, 0.15) is 16.6 Å². The predicted molar refractivity (Wildman–Crippen MR) is 61.8 cm³/mol. The van der Waals surface area contributed by atoms with Crippen molar-refractivity contribution in [2.45, 2.75) is 6.42 Å². The average molecular weight is 252 g/mol. The van der Waals surface area contributed by atoms with Gasteiger partial charge in [-0.2, -0.15) is 0 Å². The molecule has 0 unspecified atom stereocenters. The Balaban J connectivity index is 1.83. The first kappa shape index (κ1) is 11.6. The lowest BCUT2D eigenvalue weighted by molar-refractivity contribution is 0.0948. The molecule has 0 saturated heterocycles. The Hall–Kier alpha value is -1.88. The van der Waals surface area contributed by atoms with Crippen molar-refractivity contribution >= 4 is 17.5 Å². The van der Waals surface area contributed by atoms with Gasteiger partial charge in [0.05, 0.1) is 18.7 Å². The van der Waals surface area contributed by atoms with Gasteiger partial charge < -0.3 is 9.73 Å². The number of nitrogens with zero attached hydrogens (tertiary/aromatic N) is 2. The van der Waals surface area contributed by atoms with Crippen molar-refractivity contribution < 1.29 is 9.21 Å². The monoisotopic (exact) mass is 251 g/mol. The number of furan rings is 1. The van der Waals surface area contributed by atoms with E-state index < -0.39 is 0 Å². The summed E-state index contributed by atoms with van der Waals surface area (Å²) in [5.41, 5.74) is 0.244. The summed E-state index contributed by atoms with van der Waals surface area (Å²) in [6.45, 7) is 0.483. The number of hydrogen-bond donors (Lipinski definition) is 1. The topological polar surface area (TPSA) is 68.0 Å². The van der Waals surface area contributed by atoms with Crippen LogP contribution < -0.4 is 5.32 Å². The van der Waals surface area contributed by atoms with E-state index in [2.05, 4.69) is 15.3 Å². The third-order valence-electron chi connectivity index (χ3n) is 2.09. The highest BCUT2D eigenvalue weighted by Crippen LogP contribution is 2.02. The Labute approximate surface area is 103 Å². The minimum atomic E-state index is -0.277.